The fraction of sp³-hybridized carbons (Fsp3) is 0.320. The molecule has 3 aromatic rings. The van der Waals surface area contributed by atoms with E-state index in [1.165, 1.54) is 18.5 Å². The average Bonchev–Trinajstić information content (AvgIpc) is 3.05. The summed E-state index contributed by atoms with van der Waals surface area (Å²) in [4.78, 5) is 25.8. The standard InChI is InChI=1S/C25H27ClFN5O2/c1-3-31(4-2)10-5-7-24(33)32-11-6-12-34-23-15-21-18(14-22(23)32)25(29-16-28-21)30-17-8-9-20(27)19(26)13-17/h5,7-9,13-16H,3-4,6,10-12H2,1-2H3,(H,28,29,30). The van der Waals surface area contributed by atoms with Gasteiger partial charge in [-0.2, -0.15) is 0 Å². The quantitative estimate of drug-likeness (QED) is 0.467. The summed E-state index contributed by atoms with van der Waals surface area (Å²) < 4.78 is 19.5. The third-order valence-corrected chi connectivity index (χ3v) is 6.05. The second-order valence-corrected chi connectivity index (χ2v) is 8.30. The van der Waals surface area contributed by atoms with Crippen LogP contribution in [0.3, 0.4) is 0 Å². The zero-order chi connectivity index (χ0) is 24.1. The van der Waals surface area contributed by atoms with Gasteiger partial charge in [0.05, 0.1) is 22.8 Å². The molecule has 2 aromatic carbocycles. The predicted molar refractivity (Wildman–Crippen MR) is 134 cm³/mol. The first kappa shape index (κ1) is 23.9. The normalized spacial score (nSPS) is 13.7. The van der Waals surface area contributed by atoms with Gasteiger partial charge in [-0.15, -0.1) is 0 Å². The smallest absolute Gasteiger partial charge is 0.250 e. The van der Waals surface area contributed by atoms with Crippen LogP contribution in [0.4, 0.5) is 21.6 Å². The Balaban J connectivity index is 1.68. The Labute approximate surface area is 203 Å². The number of fused-ring (bicyclic) bond motifs is 2. The van der Waals surface area contributed by atoms with Crippen molar-refractivity contribution in [3.63, 3.8) is 0 Å². The summed E-state index contributed by atoms with van der Waals surface area (Å²) in [6, 6.07) is 8.05. The minimum atomic E-state index is -0.495. The van der Waals surface area contributed by atoms with Crippen molar-refractivity contribution in [2.75, 3.05) is 43.0 Å². The third-order valence-electron chi connectivity index (χ3n) is 5.76. The number of ether oxygens (including phenoxy) is 1. The van der Waals surface area contributed by atoms with Crippen molar-refractivity contribution < 1.29 is 13.9 Å². The van der Waals surface area contributed by atoms with Crippen molar-refractivity contribution in [1.29, 1.82) is 0 Å². The molecule has 1 amide bonds. The molecule has 0 radical (unpaired) electrons. The molecule has 0 fully saturated rings. The number of rotatable bonds is 7. The number of amides is 1. The van der Waals surface area contributed by atoms with Crippen LogP contribution in [0.5, 0.6) is 5.75 Å². The van der Waals surface area contributed by atoms with Crippen LogP contribution in [0.2, 0.25) is 5.02 Å². The number of hydrogen-bond acceptors (Lipinski definition) is 6. The van der Waals surface area contributed by atoms with Crippen molar-refractivity contribution in [3.05, 3.63) is 59.7 Å². The van der Waals surface area contributed by atoms with Gasteiger partial charge in [-0.1, -0.05) is 31.5 Å². The van der Waals surface area contributed by atoms with Gasteiger partial charge in [0.25, 0.3) is 5.91 Å². The first-order valence-corrected chi connectivity index (χ1v) is 11.7. The molecular formula is C25H27ClFN5O2. The van der Waals surface area contributed by atoms with E-state index in [0.29, 0.717) is 53.4 Å². The van der Waals surface area contributed by atoms with Crippen molar-refractivity contribution in [2.24, 2.45) is 0 Å². The molecule has 1 aromatic heterocycles. The van der Waals surface area contributed by atoms with Gasteiger partial charge in [0.1, 0.15) is 23.7 Å². The van der Waals surface area contributed by atoms with E-state index in [1.54, 1.807) is 17.0 Å². The molecule has 0 saturated heterocycles. The number of likely N-dealkylation sites (N-methyl/N-ethyl adjacent to an activating group) is 1. The Kier molecular flexibility index (Phi) is 7.59. The molecule has 7 nitrogen and oxygen atoms in total. The van der Waals surface area contributed by atoms with Gasteiger partial charge in [0, 0.05) is 36.3 Å². The molecule has 0 spiro atoms. The number of aromatic nitrogens is 2. The number of carbonyl (C=O) groups excluding carboxylic acids is 1. The summed E-state index contributed by atoms with van der Waals surface area (Å²) in [5.74, 6) is 0.523. The number of halogens is 2. The van der Waals surface area contributed by atoms with E-state index < -0.39 is 5.82 Å². The van der Waals surface area contributed by atoms with E-state index in [1.807, 2.05) is 18.2 Å². The highest BCUT2D eigenvalue weighted by atomic mass is 35.5. The molecule has 2 heterocycles. The van der Waals surface area contributed by atoms with Crippen molar-refractivity contribution in [1.82, 2.24) is 14.9 Å². The Morgan fingerprint density at radius 3 is 2.85 bits per heavy atom. The van der Waals surface area contributed by atoms with Crippen LogP contribution < -0.4 is 15.0 Å². The average molecular weight is 484 g/mol. The Hall–Kier alpha value is -3.23. The zero-order valence-electron chi connectivity index (χ0n) is 19.2. The van der Waals surface area contributed by atoms with Gasteiger partial charge in [-0.3, -0.25) is 4.79 Å². The highest BCUT2D eigenvalue weighted by molar-refractivity contribution is 6.31. The molecular weight excluding hydrogens is 457 g/mol. The second-order valence-electron chi connectivity index (χ2n) is 7.89. The van der Waals surface area contributed by atoms with E-state index in [-0.39, 0.29) is 10.9 Å². The van der Waals surface area contributed by atoms with Crippen LogP contribution in [-0.4, -0.2) is 53.6 Å². The van der Waals surface area contributed by atoms with E-state index in [0.717, 1.165) is 19.6 Å². The summed E-state index contributed by atoms with van der Waals surface area (Å²) in [5, 5.41) is 3.89. The lowest BCUT2D eigenvalue weighted by Crippen LogP contribution is -2.30. The molecule has 0 saturated carbocycles. The number of hydrogen-bond donors (Lipinski definition) is 1. The first-order valence-electron chi connectivity index (χ1n) is 11.3. The van der Waals surface area contributed by atoms with Crippen LogP contribution >= 0.6 is 11.6 Å². The first-order chi connectivity index (χ1) is 16.5. The van der Waals surface area contributed by atoms with Crippen molar-refractivity contribution >= 4 is 45.6 Å². The van der Waals surface area contributed by atoms with E-state index >= 15 is 0 Å². The highest BCUT2D eigenvalue weighted by Gasteiger charge is 2.23. The van der Waals surface area contributed by atoms with Gasteiger partial charge in [-0.05, 0) is 43.8 Å². The Morgan fingerprint density at radius 2 is 2.09 bits per heavy atom. The molecule has 178 valence electrons. The number of nitrogens with one attached hydrogen (secondary N) is 1. The lowest BCUT2D eigenvalue weighted by molar-refractivity contribution is -0.114. The summed E-state index contributed by atoms with van der Waals surface area (Å²) in [6.45, 7) is 7.82. The van der Waals surface area contributed by atoms with E-state index in [2.05, 4.69) is 34.0 Å². The maximum absolute atomic E-state index is 13.6. The molecule has 1 aliphatic heterocycles. The summed E-state index contributed by atoms with van der Waals surface area (Å²) in [7, 11) is 0. The van der Waals surface area contributed by atoms with Gasteiger partial charge in [0.2, 0.25) is 0 Å². The maximum Gasteiger partial charge on any atom is 0.250 e. The third kappa shape index (κ3) is 5.29. The monoisotopic (exact) mass is 483 g/mol. The lowest BCUT2D eigenvalue weighted by Gasteiger charge is -2.21. The number of anilines is 3. The van der Waals surface area contributed by atoms with E-state index in [9.17, 15) is 9.18 Å². The largest absolute Gasteiger partial charge is 0.491 e. The van der Waals surface area contributed by atoms with Gasteiger partial charge < -0.3 is 19.9 Å². The molecule has 0 atom stereocenters. The zero-order valence-corrected chi connectivity index (χ0v) is 20.0. The minimum absolute atomic E-state index is 0.0129. The predicted octanol–water partition coefficient (Wildman–Crippen LogP) is 5.18. The summed E-state index contributed by atoms with van der Waals surface area (Å²) >= 11 is 5.93. The molecule has 1 N–H and O–H groups in total. The molecule has 9 heteroatoms. The van der Waals surface area contributed by atoms with Crippen LogP contribution in [0.15, 0.2) is 48.8 Å². The van der Waals surface area contributed by atoms with E-state index in [4.69, 9.17) is 16.3 Å². The van der Waals surface area contributed by atoms with Crippen LogP contribution in [-0.2, 0) is 4.79 Å². The molecule has 0 bridgehead atoms. The van der Waals surface area contributed by atoms with Crippen molar-refractivity contribution in [3.8, 4) is 5.75 Å². The van der Waals surface area contributed by atoms with Crippen molar-refractivity contribution in [2.45, 2.75) is 20.3 Å². The number of carbonyl (C=O) groups is 1. The van der Waals surface area contributed by atoms with Gasteiger partial charge in [0.15, 0.2) is 0 Å². The van der Waals surface area contributed by atoms with Crippen LogP contribution in [0.1, 0.15) is 20.3 Å². The van der Waals surface area contributed by atoms with Gasteiger partial charge in [-0.25, -0.2) is 14.4 Å². The highest BCUT2D eigenvalue weighted by Crippen LogP contribution is 2.37. The number of nitrogens with zero attached hydrogens (tertiary/aromatic N) is 4. The van der Waals surface area contributed by atoms with Crippen LogP contribution in [0, 0.1) is 5.82 Å². The van der Waals surface area contributed by atoms with Gasteiger partial charge >= 0.3 is 0 Å². The summed E-state index contributed by atoms with van der Waals surface area (Å²) in [5.41, 5.74) is 1.91. The fourth-order valence-corrected chi connectivity index (χ4v) is 4.02. The lowest BCUT2D eigenvalue weighted by atomic mass is 10.1. The summed E-state index contributed by atoms with van der Waals surface area (Å²) in [6.07, 6.45) is 5.68. The minimum Gasteiger partial charge on any atom is -0.491 e. The maximum atomic E-state index is 13.6. The Bertz CT molecular complexity index is 1220. The molecule has 4 rings (SSSR count). The van der Waals surface area contributed by atoms with Crippen LogP contribution in [0.25, 0.3) is 10.9 Å². The second kappa shape index (κ2) is 10.8. The topological polar surface area (TPSA) is 70.6 Å². The number of benzene rings is 2. The molecule has 0 unspecified atom stereocenters. The SMILES string of the molecule is CCN(CC)CC=CC(=O)N1CCCOc2cc3ncnc(Nc4ccc(F)c(Cl)c4)c3cc21. The molecule has 0 aliphatic carbocycles. The molecule has 1 aliphatic rings. The Morgan fingerprint density at radius 1 is 1.26 bits per heavy atom. The fourth-order valence-electron chi connectivity index (χ4n) is 3.84. The molecule has 34 heavy (non-hydrogen) atoms.